The summed E-state index contributed by atoms with van der Waals surface area (Å²) in [5.41, 5.74) is 0.0114. The summed E-state index contributed by atoms with van der Waals surface area (Å²) in [6, 6.07) is 3.53. The molecule has 2 aromatic rings. The lowest BCUT2D eigenvalue weighted by atomic mass is 10.5. The average Bonchev–Trinajstić information content (AvgIpc) is 2.70. The summed E-state index contributed by atoms with van der Waals surface area (Å²) in [6.45, 7) is 0.204. The van der Waals surface area contributed by atoms with Crippen LogP contribution in [-0.4, -0.2) is 25.6 Å². The second-order valence-electron chi connectivity index (χ2n) is 3.44. The van der Waals surface area contributed by atoms with Crippen molar-refractivity contribution in [3.63, 3.8) is 0 Å². The molecule has 0 aliphatic carbocycles. The zero-order valence-electron chi connectivity index (χ0n) is 9.20. The molecule has 0 saturated carbocycles. The largest absolute Gasteiger partial charge is 0.484 e. The Bertz CT molecular complexity index is 522. The van der Waals surface area contributed by atoms with Gasteiger partial charge in [0.2, 0.25) is 0 Å². The number of imidazole rings is 1. The van der Waals surface area contributed by atoms with Gasteiger partial charge in [-0.05, 0) is 12.1 Å². The maximum Gasteiger partial charge on any atom is 0.356 e. The molecular formula is C11H11N3O3. The third-order valence-corrected chi connectivity index (χ3v) is 2.19. The molecule has 0 aliphatic rings. The minimum absolute atomic E-state index is 0.0114. The predicted octanol–water partition coefficient (Wildman–Crippen LogP) is 1.09. The number of aromatic nitrogens is 3. The number of carboxylic acid groups (broad SMARTS) is 1. The fourth-order valence-corrected chi connectivity index (χ4v) is 1.32. The third kappa shape index (κ3) is 2.60. The Morgan fingerprint density at radius 1 is 1.59 bits per heavy atom. The Hall–Kier alpha value is -2.37. The fourth-order valence-electron chi connectivity index (χ4n) is 1.32. The van der Waals surface area contributed by atoms with Gasteiger partial charge in [0.05, 0.1) is 6.20 Å². The molecule has 2 heterocycles. The van der Waals surface area contributed by atoms with Gasteiger partial charge in [-0.3, -0.25) is 4.98 Å². The summed E-state index contributed by atoms with van der Waals surface area (Å²) in [7, 11) is 1.72. The van der Waals surface area contributed by atoms with Crippen molar-refractivity contribution in [2.45, 2.75) is 6.61 Å². The lowest BCUT2D eigenvalue weighted by Gasteiger charge is -2.04. The van der Waals surface area contributed by atoms with E-state index in [2.05, 4.69) is 9.97 Å². The molecule has 2 aromatic heterocycles. The highest BCUT2D eigenvalue weighted by molar-refractivity contribution is 5.85. The first-order chi connectivity index (χ1) is 8.16. The van der Waals surface area contributed by atoms with Gasteiger partial charge in [0, 0.05) is 19.4 Å². The van der Waals surface area contributed by atoms with E-state index in [9.17, 15) is 4.79 Å². The van der Waals surface area contributed by atoms with Gasteiger partial charge in [0.15, 0.2) is 5.69 Å². The molecule has 0 atom stereocenters. The van der Waals surface area contributed by atoms with Gasteiger partial charge in [0.25, 0.3) is 0 Å². The van der Waals surface area contributed by atoms with Gasteiger partial charge in [-0.25, -0.2) is 9.78 Å². The molecule has 0 bridgehead atoms. The molecule has 1 N–H and O–H groups in total. The second kappa shape index (κ2) is 4.65. The highest BCUT2D eigenvalue weighted by Gasteiger charge is 2.11. The summed E-state index contributed by atoms with van der Waals surface area (Å²) < 4.78 is 7.05. The highest BCUT2D eigenvalue weighted by Crippen LogP contribution is 2.10. The van der Waals surface area contributed by atoms with Gasteiger partial charge in [-0.2, -0.15) is 0 Å². The van der Waals surface area contributed by atoms with Gasteiger partial charge in [-0.15, -0.1) is 0 Å². The Labute approximate surface area is 97.5 Å². The number of pyridine rings is 1. The SMILES string of the molecule is Cn1cc(C(=O)O)nc1COc1cccnc1. The number of hydrogen-bond acceptors (Lipinski definition) is 4. The van der Waals surface area contributed by atoms with E-state index in [4.69, 9.17) is 9.84 Å². The van der Waals surface area contributed by atoms with Gasteiger partial charge >= 0.3 is 5.97 Å². The molecule has 6 heteroatoms. The molecule has 0 aliphatic heterocycles. The van der Waals surface area contributed by atoms with Crippen LogP contribution in [0.15, 0.2) is 30.7 Å². The number of ether oxygens (including phenoxy) is 1. The number of carboxylic acids is 1. The summed E-state index contributed by atoms with van der Waals surface area (Å²) >= 11 is 0. The van der Waals surface area contributed by atoms with Crippen LogP contribution in [0.1, 0.15) is 16.3 Å². The summed E-state index contributed by atoms with van der Waals surface area (Å²) in [5, 5.41) is 8.78. The van der Waals surface area contributed by atoms with Crippen molar-refractivity contribution < 1.29 is 14.6 Å². The van der Waals surface area contributed by atoms with Gasteiger partial charge in [0.1, 0.15) is 18.2 Å². The zero-order valence-corrected chi connectivity index (χ0v) is 9.20. The molecule has 0 radical (unpaired) electrons. The minimum Gasteiger partial charge on any atom is -0.484 e. The normalized spacial score (nSPS) is 10.2. The van der Waals surface area contributed by atoms with Crippen LogP contribution in [0.3, 0.4) is 0 Å². The van der Waals surface area contributed by atoms with Crippen LogP contribution in [0.4, 0.5) is 0 Å². The van der Waals surface area contributed by atoms with Crippen molar-refractivity contribution in [2.75, 3.05) is 0 Å². The van der Waals surface area contributed by atoms with Crippen LogP contribution in [0.5, 0.6) is 5.75 Å². The van der Waals surface area contributed by atoms with Crippen molar-refractivity contribution in [3.05, 3.63) is 42.2 Å². The predicted molar refractivity (Wildman–Crippen MR) is 58.7 cm³/mol. The van der Waals surface area contributed by atoms with E-state index in [-0.39, 0.29) is 12.3 Å². The molecule has 0 spiro atoms. The highest BCUT2D eigenvalue weighted by atomic mass is 16.5. The lowest BCUT2D eigenvalue weighted by Crippen LogP contribution is -2.03. The van der Waals surface area contributed by atoms with Crippen molar-refractivity contribution in [1.29, 1.82) is 0 Å². The Kier molecular flexibility index (Phi) is 3.04. The second-order valence-corrected chi connectivity index (χ2v) is 3.44. The van der Waals surface area contributed by atoms with Crippen molar-refractivity contribution in [3.8, 4) is 5.75 Å². The minimum atomic E-state index is -1.05. The molecular weight excluding hydrogens is 222 g/mol. The van der Waals surface area contributed by atoms with E-state index in [1.807, 2.05) is 0 Å². The van der Waals surface area contributed by atoms with Crippen LogP contribution in [0.2, 0.25) is 0 Å². The molecule has 2 rings (SSSR count). The summed E-state index contributed by atoms with van der Waals surface area (Å²) in [6.07, 6.45) is 4.68. The van der Waals surface area contributed by atoms with E-state index >= 15 is 0 Å². The van der Waals surface area contributed by atoms with E-state index < -0.39 is 5.97 Å². The maximum absolute atomic E-state index is 10.7. The summed E-state index contributed by atoms with van der Waals surface area (Å²) in [5.74, 6) is 0.117. The number of carbonyl (C=O) groups is 1. The fraction of sp³-hybridized carbons (Fsp3) is 0.182. The molecule has 17 heavy (non-hydrogen) atoms. The van der Waals surface area contributed by atoms with E-state index in [0.29, 0.717) is 11.6 Å². The number of aryl methyl sites for hydroxylation is 1. The lowest BCUT2D eigenvalue weighted by molar-refractivity contribution is 0.0690. The topological polar surface area (TPSA) is 77.2 Å². The average molecular weight is 233 g/mol. The van der Waals surface area contributed by atoms with E-state index in [1.165, 1.54) is 6.20 Å². The van der Waals surface area contributed by atoms with Crippen LogP contribution < -0.4 is 4.74 Å². The smallest absolute Gasteiger partial charge is 0.356 e. The van der Waals surface area contributed by atoms with Crippen LogP contribution in [0.25, 0.3) is 0 Å². The number of rotatable bonds is 4. The van der Waals surface area contributed by atoms with Crippen molar-refractivity contribution in [2.24, 2.45) is 7.05 Å². The van der Waals surface area contributed by atoms with E-state index in [0.717, 1.165) is 0 Å². The molecule has 0 unspecified atom stereocenters. The Morgan fingerprint density at radius 2 is 2.41 bits per heavy atom. The zero-order chi connectivity index (χ0) is 12.3. The van der Waals surface area contributed by atoms with Gasteiger partial charge < -0.3 is 14.4 Å². The third-order valence-electron chi connectivity index (χ3n) is 2.19. The first-order valence-electron chi connectivity index (χ1n) is 4.95. The first-order valence-corrected chi connectivity index (χ1v) is 4.95. The maximum atomic E-state index is 10.7. The standard InChI is InChI=1S/C11H11N3O3/c1-14-6-9(11(15)16)13-10(14)7-17-8-3-2-4-12-5-8/h2-6H,7H2,1H3,(H,15,16). The number of nitrogens with zero attached hydrogens (tertiary/aromatic N) is 3. The molecule has 0 amide bonds. The Balaban J connectivity index is 2.07. The monoisotopic (exact) mass is 233 g/mol. The van der Waals surface area contributed by atoms with Crippen LogP contribution >= 0.6 is 0 Å². The molecule has 0 aromatic carbocycles. The van der Waals surface area contributed by atoms with Crippen LogP contribution in [0, 0.1) is 0 Å². The molecule has 88 valence electrons. The number of aromatic carboxylic acids is 1. The first kappa shape index (κ1) is 11.1. The summed E-state index contributed by atoms with van der Waals surface area (Å²) in [4.78, 5) is 18.6. The Morgan fingerprint density at radius 3 is 3.00 bits per heavy atom. The van der Waals surface area contributed by atoms with E-state index in [1.54, 1.807) is 36.1 Å². The molecule has 0 saturated heterocycles. The number of hydrogen-bond donors (Lipinski definition) is 1. The van der Waals surface area contributed by atoms with Crippen molar-refractivity contribution >= 4 is 5.97 Å². The van der Waals surface area contributed by atoms with Crippen LogP contribution in [-0.2, 0) is 13.7 Å². The quantitative estimate of drug-likeness (QED) is 0.855. The molecule has 0 fully saturated rings. The molecule has 6 nitrogen and oxygen atoms in total. The van der Waals surface area contributed by atoms with Gasteiger partial charge in [-0.1, -0.05) is 0 Å². The van der Waals surface area contributed by atoms with Crippen molar-refractivity contribution in [1.82, 2.24) is 14.5 Å².